The number of nitrogens with one attached hydrogen (secondary N) is 1. The highest BCUT2D eigenvalue weighted by molar-refractivity contribution is 5.91. The Hall–Kier alpha value is -1.58. The van der Waals surface area contributed by atoms with E-state index < -0.39 is 0 Å². The molecule has 1 aromatic heterocycles. The van der Waals surface area contributed by atoms with Crippen LogP contribution in [0.15, 0.2) is 18.3 Å². The largest absolute Gasteiger partial charge is 0.376 e. The number of rotatable bonds is 3. The monoisotopic (exact) mass is 233 g/mol. The maximum absolute atomic E-state index is 11.9. The fraction of sp³-hybridized carbons (Fsp3) is 0.538. The summed E-state index contributed by atoms with van der Waals surface area (Å²) in [6, 6.07) is 3.81. The van der Waals surface area contributed by atoms with Gasteiger partial charge >= 0.3 is 0 Å². The van der Waals surface area contributed by atoms with Gasteiger partial charge in [0.25, 0.3) is 0 Å². The summed E-state index contributed by atoms with van der Waals surface area (Å²) in [4.78, 5) is 18.1. The first-order chi connectivity index (χ1) is 8.16. The Bertz CT molecular complexity index is 380. The van der Waals surface area contributed by atoms with E-state index in [1.807, 2.05) is 31.1 Å². The Morgan fingerprint density at radius 1 is 1.35 bits per heavy atom. The maximum atomic E-state index is 11.9. The van der Waals surface area contributed by atoms with Gasteiger partial charge in [-0.25, -0.2) is 4.98 Å². The van der Waals surface area contributed by atoms with Crippen LogP contribution in [-0.4, -0.2) is 25.0 Å². The van der Waals surface area contributed by atoms with Crippen LogP contribution >= 0.6 is 0 Å². The lowest BCUT2D eigenvalue weighted by molar-refractivity contribution is -0.119. The summed E-state index contributed by atoms with van der Waals surface area (Å²) in [5.41, 5.74) is 1.03. The van der Waals surface area contributed by atoms with Crippen LogP contribution in [0.1, 0.15) is 25.7 Å². The van der Waals surface area contributed by atoms with Crippen LogP contribution in [0.5, 0.6) is 0 Å². The van der Waals surface area contributed by atoms with Crippen molar-refractivity contribution in [2.24, 2.45) is 5.92 Å². The SMILES string of the molecule is CN(C)c1ccc(NC(=O)C2CCCC2)nc1. The number of pyridine rings is 1. The lowest BCUT2D eigenvalue weighted by Crippen LogP contribution is -2.21. The van der Waals surface area contributed by atoms with Crippen molar-refractivity contribution in [1.29, 1.82) is 0 Å². The molecule has 0 bridgehead atoms. The van der Waals surface area contributed by atoms with E-state index in [1.54, 1.807) is 6.20 Å². The molecule has 0 spiro atoms. The number of hydrogen-bond donors (Lipinski definition) is 1. The first-order valence-electron chi connectivity index (χ1n) is 6.11. The van der Waals surface area contributed by atoms with Gasteiger partial charge in [0.05, 0.1) is 11.9 Å². The molecule has 0 aliphatic heterocycles. The zero-order chi connectivity index (χ0) is 12.3. The molecular formula is C13H19N3O. The van der Waals surface area contributed by atoms with Crippen molar-refractivity contribution in [3.05, 3.63) is 18.3 Å². The number of aromatic nitrogens is 1. The molecule has 17 heavy (non-hydrogen) atoms. The van der Waals surface area contributed by atoms with E-state index in [1.165, 1.54) is 12.8 Å². The van der Waals surface area contributed by atoms with Gasteiger partial charge in [-0.2, -0.15) is 0 Å². The van der Waals surface area contributed by atoms with Crippen LogP contribution in [0.25, 0.3) is 0 Å². The molecule has 1 aliphatic rings. The predicted molar refractivity (Wildman–Crippen MR) is 69.2 cm³/mol. The van der Waals surface area contributed by atoms with Crippen LogP contribution in [0.2, 0.25) is 0 Å². The quantitative estimate of drug-likeness (QED) is 0.871. The van der Waals surface area contributed by atoms with E-state index >= 15 is 0 Å². The van der Waals surface area contributed by atoms with Gasteiger partial charge < -0.3 is 10.2 Å². The highest BCUT2D eigenvalue weighted by Gasteiger charge is 2.22. The number of amides is 1. The van der Waals surface area contributed by atoms with Gasteiger partial charge in [-0.05, 0) is 25.0 Å². The number of nitrogens with zero attached hydrogens (tertiary/aromatic N) is 2. The van der Waals surface area contributed by atoms with Gasteiger partial charge in [-0.15, -0.1) is 0 Å². The molecule has 0 atom stereocenters. The number of carbonyl (C=O) groups is 1. The normalized spacial score (nSPS) is 15.9. The van der Waals surface area contributed by atoms with Crippen molar-refractivity contribution in [2.75, 3.05) is 24.3 Å². The average Bonchev–Trinajstić information content (AvgIpc) is 2.83. The second-order valence-electron chi connectivity index (χ2n) is 4.77. The third-order valence-corrected chi connectivity index (χ3v) is 3.24. The molecule has 0 radical (unpaired) electrons. The van der Waals surface area contributed by atoms with Gasteiger partial charge in [0.2, 0.25) is 5.91 Å². The zero-order valence-electron chi connectivity index (χ0n) is 10.4. The van der Waals surface area contributed by atoms with E-state index in [0.717, 1.165) is 18.5 Å². The van der Waals surface area contributed by atoms with Gasteiger partial charge in [0.15, 0.2) is 0 Å². The summed E-state index contributed by atoms with van der Waals surface area (Å²) in [6.07, 6.45) is 6.14. The zero-order valence-corrected chi connectivity index (χ0v) is 10.4. The van der Waals surface area contributed by atoms with Gasteiger partial charge in [0.1, 0.15) is 5.82 Å². The van der Waals surface area contributed by atoms with E-state index in [0.29, 0.717) is 5.82 Å². The standard InChI is InChI=1S/C13H19N3O/c1-16(2)11-7-8-12(14-9-11)15-13(17)10-5-3-4-6-10/h7-10H,3-6H2,1-2H3,(H,14,15,17). The van der Waals surface area contributed by atoms with Crippen molar-refractivity contribution < 1.29 is 4.79 Å². The molecule has 0 aromatic carbocycles. The highest BCUT2D eigenvalue weighted by atomic mass is 16.1. The highest BCUT2D eigenvalue weighted by Crippen LogP contribution is 2.25. The van der Waals surface area contributed by atoms with Crippen molar-refractivity contribution >= 4 is 17.4 Å². The minimum absolute atomic E-state index is 0.118. The van der Waals surface area contributed by atoms with Crippen molar-refractivity contribution in [2.45, 2.75) is 25.7 Å². The Kier molecular flexibility index (Phi) is 3.61. The molecule has 1 N–H and O–H groups in total. The van der Waals surface area contributed by atoms with Crippen LogP contribution in [0.4, 0.5) is 11.5 Å². The Labute approximate surface area is 102 Å². The molecule has 0 unspecified atom stereocenters. The molecule has 0 saturated heterocycles. The molecule has 4 nitrogen and oxygen atoms in total. The minimum Gasteiger partial charge on any atom is -0.376 e. The van der Waals surface area contributed by atoms with E-state index in [4.69, 9.17) is 0 Å². The van der Waals surface area contributed by atoms with Crippen LogP contribution in [0.3, 0.4) is 0 Å². The van der Waals surface area contributed by atoms with E-state index in [9.17, 15) is 4.79 Å². The van der Waals surface area contributed by atoms with Crippen molar-refractivity contribution in [3.63, 3.8) is 0 Å². The summed E-state index contributed by atoms with van der Waals surface area (Å²) >= 11 is 0. The number of anilines is 2. The molecule has 1 aromatic rings. The van der Waals surface area contributed by atoms with Crippen LogP contribution < -0.4 is 10.2 Å². The fourth-order valence-corrected chi connectivity index (χ4v) is 2.14. The summed E-state index contributed by atoms with van der Waals surface area (Å²) in [5.74, 6) is 0.949. The molecule has 1 aliphatic carbocycles. The Balaban J connectivity index is 1.96. The molecule has 1 fully saturated rings. The number of carbonyl (C=O) groups excluding carboxylic acids is 1. The predicted octanol–water partition coefficient (Wildman–Crippen LogP) is 2.28. The van der Waals surface area contributed by atoms with Gasteiger partial charge in [-0.3, -0.25) is 4.79 Å². The first kappa shape index (κ1) is 11.9. The van der Waals surface area contributed by atoms with Crippen LogP contribution in [0, 0.1) is 5.92 Å². The second-order valence-corrected chi connectivity index (χ2v) is 4.77. The van der Waals surface area contributed by atoms with Gasteiger partial charge in [-0.1, -0.05) is 12.8 Å². The number of hydrogen-bond acceptors (Lipinski definition) is 3. The molecule has 1 amide bonds. The average molecular weight is 233 g/mol. The van der Waals surface area contributed by atoms with Crippen molar-refractivity contribution in [3.8, 4) is 0 Å². The topological polar surface area (TPSA) is 45.2 Å². The molecule has 2 rings (SSSR count). The lowest BCUT2D eigenvalue weighted by atomic mass is 10.1. The van der Waals surface area contributed by atoms with Crippen LogP contribution in [-0.2, 0) is 4.79 Å². The molecule has 92 valence electrons. The third-order valence-electron chi connectivity index (χ3n) is 3.24. The third kappa shape index (κ3) is 2.96. The summed E-state index contributed by atoms with van der Waals surface area (Å²) < 4.78 is 0. The Morgan fingerprint density at radius 3 is 2.59 bits per heavy atom. The maximum Gasteiger partial charge on any atom is 0.228 e. The first-order valence-corrected chi connectivity index (χ1v) is 6.11. The van der Waals surface area contributed by atoms with Crippen molar-refractivity contribution in [1.82, 2.24) is 4.98 Å². The lowest BCUT2D eigenvalue weighted by Gasteiger charge is -2.13. The summed E-state index contributed by atoms with van der Waals surface area (Å²) in [5, 5.41) is 2.88. The molecule has 1 saturated carbocycles. The van der Waals surface area contributed by atoms with Gasteiger partial charge in [0, 0.05) is 20.0 Å². The van der Waals surface area contributed by atoms with E-state index in [-0.39, 0.29) is 11.8 Å². The summed E-state index contributed by atoms with van der Waals surface area (Å²) in [7, 11) is 3.93. The van der Waals surface area contributed by atoms with E-state index in [2.05, 4.69) is 10.3 Å². The Morgan fingerprint density at radius 2 is 2.06 bits per heavy atom. The fourth-order valence-electron chi connectivity index (χ4n) is 2.14. The molecular weight excluding hydrogens is 214 g/mol. The smallest absolute Gasteiger partial charge is 0.228 e. The second kappa shape index (κ2) is 5.17. The minimum atomic E-state index is 0.118. The summed E-state index contributed by atoms with van der Waals surface area (Å²) in [6.45, 7) is 0. The molecule has 1 heterocycles. The molecule has 4 heteroatoms.